The predicted octanol–water partition coefficient (Wildman–Crippen LogP) is 6.07. The first kappa shape index (κ1) is 29.3. The lowest BCUT2D eigenvalue weighted by atomic mass is 10.1. The molecule has 0 radical (unpaired) electrons. The summed E-state index contributed by atoms with van der Waals surface area (Å²) in [5.74, 6) is -0.387. The highest BCUT2D eigenvalue weighted by atomic mass is 32.1. The van der Waals surface area contributed by atoms with E-state index in [4.69, 9.17) is 0 Å². The number of benzene rings is 2. The number of anilines is 4. The van der Waals surface area contributed by atoms with Crippen molar-refractivity contribution < 1.29 is 22.8 Å². The third kappa shape index (κ3) is 6.97. The van der Waals surface area contributed by atoms with E-state index in [0.29, 0.717) is 47.4 Å². The number of alkyl halides is 3. The maximum atomic E-state index is 13.6. The number of nitrogens with one attached hydrogen (secondary N) is 4. The van der Waals surface area contributed by atoms with E-state index in [9.17, 15) is 22.8 Å². The van der Waals surface area contributed by atoms with E-state index < -0.39 is 17.6 Å². The quantitative estimate of drug-likeness (QED) is 0.176. The molecule has 4 N–H and O–H groups in total. The fraction of sp³-hybridized carbons (Fsp3) is 0.310. The van der Waals surface area contributed by atoms with Crippen molar-refractivity contribution in [3.63, 3.8) is 0 Å². The van der Waals surface area contributed by atoms with Gasteiger partial charge in [0.05, 0.1) is 21.3 Å². The molecule has 5 rings (SSSR count). The van der Waals surface area contributed by atoms with Crippen molar-refractivity contribution in [2.75, 3.05) is 48.5 Å². The minimum Gasteiger partial charge on any atom is -0.384 e. The van der Waals surface area contributed by atoms with Gasteiger partial charge in [0.2, 0.25) is 0 Å². The molecular formula is C29H30F3N7O2S. The second-order valence-electron chi connectivity index (χ2n) is 10.4. The third-order valence-electron chi connectivity index (χ3n) is 6.67. The van der Waals surface area contributed by atoms with Gasteiger partial charge in [-0.15, -0.1) is 11.3 Å². The Morgan fingerprint density at radius 2 is 1.81 bits per heavy atom. The van der Waals surface area contributed by atoms with Crippen LogP contribution in [0.5, 0.6) is 0 Å². The molecule has 2 amide bonds. The lowest BCUT2D eigenvalue weighted by Crippen LogP contribution is -2.21. The summed E-state index contributed by atoms with van der Waals surface area (Å²) in [5.41, 5.74) is 1.53. The number of fused-ring (bicyclic) bond motifs is 1. The van der Waals surface area contributed by atoms with Gasteiger partial charge in [0.1, 0.15) is 12.1 Å². The van der Waals surface area contributed by atoms with Crippen LogP contribution < -0.4 is 21.3 Å². The smallest absolute Gasteiger partial charge is 0.384 e. The molecule has 42 heavy (non-hydrogen) atoms. The number of hydrogen-bond acceptors (Lipinski definition) is 8. The molecule has 2 aromatic carbocycles. The van der Waals surface area contributed by atoms with Gasteiger partial charge in [-0.05, 0) is 69.8 Å². The number of halogens is 3. The lowest BCUT2D eigenvalue weighted by molar-refractivity contribution is -0.137. The van der Waals surface area contributed by atoms with Crippen LogP contribution in [0.25, 0.3) is 10.2 Å². The first-order valence-electron chi connectivity index (χ1n) is 13.3. The number of thiophene rings is 1. The molecule has 13 heteroatoms. The van der Waals surface area contributed by atoms with Gasteiger partial charge in [-0.1, -0.05) is 6.07 Å². The highest BCUT2D eigenvalue weighted by Crippen LogP contribution is 2.34. The molecule has 2 aromatic heterocycles. The highest BCUT2D eigenvalue weighted by Gasteiger charge is 2.32. The predicted molar refractivity (Wildman–Crippen MR) is 160 cm³/mol. The minimum absolute atomic E-state index is 0.150. The van der Waals surface area contributed by atoms with E-state index in [1.165, 1.54) is 23.7 Å². The molecule has 0 unspecified atom stereocenters. The Labute approximate surface area is 244 Å². The summed E-state index contributed by atoms with van der Waals surface area (Å²) in [6.07, 6.45) is -1.03. The van der Waals surface area contributed by atoms with Crippen LogP contribution in [0.1, 0.15) is 44.7 Å². The van der Waals surface area contributed by atoms with Gasteiger partial charge >= 0.3 is 6.18 Å². The van der Waals surface area contributed by atoms with Gasteiger partial charge in [0, 0.05) is 47.1 Å². The van der Waals surface area contributed by atoms with Crippen molar-refractivity contribution in [3.05, 3.63) is 70.4 Å². The summed E-state index contributed by atoms with van der Waals surface area (Å²) in [6.45, 7) is 2.80. The van der Waals surface area contributed by atoms with Crippen LogP contribution >= 0.6 is 11.3 Å². The molecule has 1 saturated carbocycles. The van der Waals surface area contributed by atoms with Crippen LogP contribution in [0.4, 0.5) is 36.1 Å². The number of hydrogen-bond donors (Lipinski definition) is 4. The zero-order valence-corrected chi connectivity index (χ0v) is 24.0. The topological polar surface area (TPSA) is 111 Å². The second kappa shape index (κ2) is 11.9. The van der Waals surface area contributed by atoms with Crippen LogP contribution in [0.15, 0.2) is 48.1 Å². The average Bonchev–Trinajstić information content (AvgIpc) is 3.64. The Morgan fingerprint density at radius 3 is 2.52 bits per heavy atom. The van der Waals surface area contributed by atoms with Crippen molar-refractivity contribution in [2.45, 2.75) is 32.0 Å². The molecule has 1 aliphatic rings. The summed E-state index contributed by atoms with van der Waals surface area (Å²) in [4.78, 5) is 36.8. The third-order valence-corrected chi connectivity index (χ3v) is 7.65. The van der Waals surface area contributed by atoms with Crippen molar-refractivity contribution in [3.8, 4) is 0 Å². The number of carbonyl (C=O) groups excluding carboxylic acids is 2. The van der Waals surface area contributed by atoms with Gasteiger partial charge in [-0.2, -0.15) is 13.2 Å². The van der Waals surface area contributed by atoms with Gasteiger partial charge in [0.15, 0.2) is 0 Å². The lowest BCUT2D eigenvalue weighted by Gasteiger charge is -2.16. The molecule has 4 aromatic rings. The molecule has 220 valence electrons. The van der Waals surface area contributed by atoms with Crippen molar-refractivity contribution in [1.29, 1.82) is 0 Å². The molecule has 0 aliphatic heterocycles. The Kier molecular flexibility index (Phi) is 8.32. The number of carbonyl (C=O) groups is 2. The second-order valence-corrected chi connectivity index (χ2v) is 11.3. The Balaban J connectivity index is 1.33. The number of aryl methyl sites for hydroxylation is 1. The summed E-state index contributed by atoms with van der Waals surface area (Å²) in [6, 6.07) is 8.47. The Morgan fingerprint density at radius 1 is 1.02 bits per heavy atom. The monoisotopic (exact) mass is 597 g/mol. The van der Waals surface area contributed by atoms with Crippen LogP contribution in [-0.2, 0) is 6.18 Å². The summed E-state index contributed by atoms with van der Waals surface area (Å²) in [5, 5.41) is 13.6. The molecule has 1 fully saturated rings. The van der Waals surface area contributed by atoms with Crippen LogP contribution in [-0.4, -0.2) is 59.9 Å². The fourth-order valence-corrected chi connectivity index (χ4v) is 5.16. The zero-order valence-electron chi connectivity index (χ0n) is 23.2. The summed E-state index contributed by atoms with van der Waals surface area (Å²) in [7, 11) is 3.70. The summed E-state index contributed by atoms with van der Waals surface area (Å²) < 4.78 is 41.5. The molecule has 0 spiro atoms. The van der Waals surface area contributed by atoms with E-state index >= 15 is 0 Å². The van der Waals surface area contributed by atoms with Gasteiger partial charge in [-0.3, -0.25) is 9.59 Å². The average molecular weight is 598 g/mol. The molecule has 9 nitrogen and oxygen atoms in total. The van der Waals surface area contributed by atoms with Crippen LogP contribution in [0, 0.1) is 6.92 Å². The number of nitrogens with zero attached hydrogens (tertiary/aromatic N) is 3. The Hall–Kier alpha value is -4.23. The van der Waals surface area contributed by atoms with E-state index in [2.05, 4.69) is 31.2 Å². The Bertz CT molecular complexity index is 1630. The van der Waals surface area contributed by atoms with Gasteiger partial charge in [0.25, 0.3) is 11.8 Å². The molecule has 0 bridgehead atoms. The number of likely N-dealkylation sites (N-methyl/N-ethyl adjacent to an activating group) is 1. The van der Waals surface area contributed by atoms with E-state index in [1.807, 2.05) is 19.0 Å². The maximum absolute atomic E-state index is 13.6. The number of amides is 2. The fourth-order valence-electron chi connectivity index (χ4n) is 4.21. The zero-order chi connectivity index (χ0) is 30.0. The van der Waals surface area contributed by atoms with Crippen LogP contribution in [0.2, 0.25) is 0 Å². The van der Waals surface area contributed by atoms with Gasteiger partial charge < -0.3 is 26.2 Å². The first-order chi connectivity index (χ1) is 20.0. The SMILES string of the molecule is Cc1ccc(NC(=O)c2cc(NCCN(C)C)cc(C(F)(F)F)c2)cc1NC(=O)c1csc2c(NC3CC3)ncnc12. The van der Waals surface area contributed by atoms with Gasteiger partial charge in [-0.25, -0.2) is 9.97 Å². The highest BCUT2D eigenvalue weighted by molar-refractivity contribution is 7.18. The molecular weight excluding hydrogens is 567 g/mol. The number of rotatable bonds is 10. The molecule has 2 heterocycles. The minimum atomic E-state index is -4.62. The van der Waals surface area contributed by atoms with Crippen molar-refractivity contribution in [2.24, 2.45) is 0 Å². The molecule has 1 aliphatic carbocycles. The summed E-state index contributed by atoms with van der Waals surface area (Å²) >= 11 is 1.38. The normalized spacial score (nSPS) is 13.3. The van der Waals surface area contributed by atoms with E-state index in [-0.39, 0.29) is 17.2 Å². The van der Waals surface area contributed by atoms with E-state index in [0.717, 1.165) is 35.2 Å². The van der Waals surface area contributed by atoms with E-state index in [1.54, 1.807) is 30.5 Å². The standard InChI is InChI=1S/C29H30F3N7O2S/c1-16-4-5-20(37-27(40)17-10-18(29(30,31)32)12-21(11-17)33-8-9-39(2)3)13-23(16)38-28(41)22-14-42-25-24(22)34-15-35-26(25)36-19-6-7-19/h4-5,10-15,19,33H,6-9H2,1-3H3,(H,37,40)(H,38,41)(H,34,35,36). The van der Waals surface area contributed by atoms with Crippen molar-refractivity contribution >= 4 is 56.2 Å². The molecule has 0 saturated heterocycles. The largest absolute Gasteiger partial charge is 0.416 e. The molecule has 0 atom stereocenters. The van der Waals surface area contributed by atoms with Crippen LogP contribution in [0.3, 0.4) is 0 Å². The maximum Gasteiger partial charge on any atom is 0.416 e. The van der Waals surface area contributed by atoms with Crippen molar-refractivity contribution in [1.82, 2.24) is 14.9 Å². The first-order valence-corrected chi connectivity index (χ1v) is 14.2. The number of aromatic nitrogens is 2.